The lowest BCUT2D eigenvalue weighted by Crippen LogP contribution is -2.11. The fourth-order valence-electron chi connectivity index (χ4n) is 2.35. The Morgan fingerprint density at radius 3 is 2.62 bits per heavy atom. The molecule has 26 heavy (non-hydrogen) atoms. The molecule has 1 amide bonds. The summed E-state index contributed by atoms with van der Waals surface area (Å²) in [7, 11) is 1.53. The number of carbonyl (C=O) groups is 1. The van der Waals surface area contributed by atoms with Crippen molar-refractivity contribution in [3.63, 3.8) is 0 Å². The van der Waals surface area contributed by atoms with Gasteiger partial charge in [0.2, 0.25) is 5.91 Å². The van der Waals surface area contributed by atoms with Gasteiger partial charge in [-0.2, -0.15) is 18.2 Å². The fourth-order valence-corrected chi connectivity index (χ4v) is 2.35. The number of halogens is 3. The van der Waals surface area contributed by atoms with Crippen LogP contribution in [0.1, 0.15) is 43.8 Å². The van der Waals surface area contributed by atoms with Gasteiger partial charge in [-0.1, -0.05) is 30.1 Å². The lowest BCUT2D eigenvalue weighted by Gasteiger charge is -2.09. The van der Waals surface area contributed by atoms with E-state index in [9.17, 15) is 18.0 Å². The molecule has 1 N–H and O–H groups in total. The number of amides is 1. The molecule has 0 radical (unpaired) electrons. The third kappa shape index (κ3) is 6.05. The molecule has 0 bridgehead atoms. The quantitative estimate of drug-likeness (QED) is 0.668. The topological polar surface area (TPSA) is 77.2 Å². The molecule has 0 aliphatic heterocycles. The van der Waals surface area contributed by atoms with Crippen LogP contribution in [-0.2, 0) is 17.4 Å². The highest BCUT2D eigenvalue weighted by molar-refractivity contribution is 5.92. The Balaban J connectivity index is 1.62. The molecule has 0 spiro atoms. The first-order valence-electron chi connectivity index (χ1n) is 8.23. The molecule has 2 rings (SSSR count). The van der Waals surface area contributed by atoms with E-state index in [2.05, 4.69) is 20.0 Å². The molecule has 0 unspecified atom stereocenters. The number of hydrogen-bond acceptors (Lipinski definition) is 5. The van der Waals surface area contributed by atoms with Crippen molar-refractivity contribution in [2.24, 2.45) is 0 Å². The van der Waals surface area contributed by atoms with Crippen LogP contribution in [0.3, 0.4) is 0 Å². The Morgan fingerprint density at radius 2 is 1.92 bits per heavy atom. The summed E-state index contributed by atoms with van der Waals surface area (Å²) >= 11 is 0. The van der Waals surface area contributed by atoms with Crippen LogP contribution in [0.15, 0.2) is 28.8 Å². The number of rotatable bonds is 9. The summed E-state index contributed by atoms with van der Waals surface area (Å²) in [4.78, 5) is 15.2. The maximum Gasteiger partial charge on any atom is 0.471 e. The van der Waals surface area contributed by atoms with Crippen LogP contribution in [0.2, 0.25) is 0 Å². The van der Waals surface area contributed by atoms with E-state index < -0.39 is 12.1 Å². The first-order valence-corrected chi connectivity index (χ1v) is 8.23. The Bertz CT molecular complexity index is 717. The Kier molecular flexibility index (Phi) is 6.99. The van der Waals surface area contributed by atoms with Gasteiger partial charge in [0, 0.05) is 12.8 Å². The van der Waals surface area contributed by atoms with Crippen LogP contribution >= 0.6 is 0 Å². The molecule has 0 fully saturated rings. The largest absolute Gasteiger partial charge is 0.495 e. The normalized spacial score (nSPS) is 11.4. The first-order chi connectivity index (χ1) is 12.4. The molecule has 142 valence electrons. The molecular weight excluding hydrogens is 351 g/mol. The number of anilines is 1. The molecule has 6 nitrogen and oxygen atoms in total. The van der Waals surface area contributed by atoms with Crippen molar-refractivity contribution in [3.8, 4) is 5.75 Å². The van der Waals surface area contributed by atoms with Gasteiger partial charge in [0.05, 0.1) is 12.8 Å². The molecule has 2 aromatic rings. The summed E-state index contributed by atoms with van der Waals surface area (Å²) in [6, 6.07) is 7.14. The van der Waals surface area contributed by atoms with E-state index in [4.69, 9.17) is 4.74 Å². The highest BCUT2D eigenvalue weighted by Gasteiger charge is 2.38. The number of hydrogen-bond donors (Lipinski definition) is 1. The predicted molar refractivity (Wildman–Crippen MR) is 87.7 cm³/mol. The molecule has 1 aromatic carbocycles. The molecule has 1 heterocycles. The summed E-state index contributed by atoms with van der Waals surface area (Å²) in [5.41, 5.74) is 0.623. The molecule has 9 heteroatoms. The van der Waals surface area contributed by atoms with Gasteiger partial charge < -0.3 is 14.6 Å². The van der Waals surface area contributed by atoms with Gasteiger partial charge in [-0.05, 0) is 25.0 Å². The zero-order valence-electron chi connectivity index (χ0n) is 14.3. The zero-order valence-corrected chi connectivity index (χ0v) is 14.3. The SMILES string of the molecule is COc1ccccc1NC(=O)CCCCCCc1noc(C(F)(F)F)n1. The number of methoxy groups -OCH3 is 1. The van der Waals surface area contributed by atoms with E-state index in [1.165, 1.54) is 7.11 Å². The average Bonchev–Trinajstić information content (AvgIpc) is 3.08. The second kappa shape index (κ2) is 9.21. The van der Waals surface area contributed by atoms with Gasteiger partial charge in [-0.15, -0.1) is 0 Å². The number of benzene rings is 1. The number of unbranched alkanes of at least 4 members (excludes halogenated alkanes) is 3. The number of nitrogens with one attached hydrogen (secondary N) is 1. The van der Waals surface area contributed by atoms with Crippen molar-refractivity contribution in [2.75, 3.05) is 12.4 Å². The smallest absolute Gasteiger partial charge is 0.471 e. The third-order valence-corrected chi connectivity index (χ3v) is 3.65. The number of carbonyl (C=O) groups excluding carboxylic acids is 1. The number of nitrogens with zero attached hydrogens (tertiary/aromatic N) is 2. The van der Waals surface area contributed by atoms with E-state index in [0.29, 0.717) is 37.1 Å². The molecule has 0 atom stereocenters. The Morgan fingerprint density at radius 1 is 1.19 bits per heavy atom. The van der Waals surface area contributed by atoms with Crippen LogP contribution in [-0.4, -0.2) is 23.2 Å². The third-order valence-electron chi connectivity index (χ3n) is 3.65. The van der Waals surface area contributed by atoms with Gasteiger partial charge in [-0.3, -0.25) is 4.79 Å². The van der Waals surface area contributed by atoms with Crippen molar-refractivity contribution in [2.45, 2.75) is 44.7 Å². The zero-order chi connectivity index (χ0) is 19.0. The van der Waals surface area contributed by atoms with Crippen molar-refractivity contribution < 1.29 is 27.2 Å². The highest BCUT2D eigenvalue weighted by atomic mass is 19.4. The fraction of sp³-hybridized carbons (Fsp3) is 0.471. The number of alkyl halides is 3. The maximum atomic E-state index is 12.3. The van der Waals surface area contributed by atoms with Crippen LogP contribution in [0, 0.1) is 0 Å². The van der Waals surface area contributed by atoms with E-state index in [1.807, 2.05) is 6.07 Å². The van der Waals surface area contributed by atoms with Crippen molar-refractivity contribution in [1.29, 1.82) is 0 Å². The van der Waals surface area contributed by atoms with Crippen molar-refractivity contribution >= 4 is 11.6 Å². The minimum Gasteiger partial charge on any atom is -0.495 e. The van der Waals surface area contributed by atoms with E-state index in [0.717, 1.165) is 12.8 Å². The summed E-state index contributed by atoms with van der Waals surface area (Å²) in [6.45, 7) is 0. The molecule has 0 aliphatic carbocycles. The van der Waals surface area contributed by atoms with Gasteiger partial charge in [-0.25, -0.2) is 0 Å². The molecular formula is C17H20F3N3O3. The predicted octanol–water partition coefficient (Wildman–Crippen LogP) is 4.23. The first kappa shape index (κ1) is 19.7. The van der Waals surface area contributed by atoms with Crippen LogP contribution < -0.4 is 10.1 Å². The Hall–Kier alpha value is -2.58. The summed E-state index contributed by atoms with van der Waals surface area (Å²) < 4.78 is 46.3. The Labute approximate surface area is 148 Å². The minimum atomic E-state index is -4.61. The average molecular weight is 371 g/mol. The van der Waals surface area contributed by atoms with Crippen molar-refractivity contribution in [3.05, 3.63) is 36.0 Å². The molecule has 0 saturated heterocycles. The van der Waals surface area contributed by atoms with Crippen LogP contribution in [0.5, 0.6) is 5.75 Å². The highest BCUT2D eigenvalue weighted by Crippen LogP contribution is 2.27. The van der Waals surface area contributed by atoms with Crippen molar-refractivity contribution in [1.82, 2.24) is 10.1 Å². The summed E-state index contributed by atoms with van der Waals surface area (Å²) in [5.74, 6) is -0.784. The van der Waals surface area contributed by atoms with E-state index in [-0.39, 0.29) is 11.7 Å². The summed E-state index contributed by atoms with van der Waals surface area (Å²) in [5, 5.41) is 6.10. The van der Waals surface area contributed by atoms with Gasteiger partial charge in [0.25, 0.3) is 0 Å². The molecule has 1 aromatic heterocycles. The number of aryl methyl sites for hydroxylation is 1. The lowest BCUT2D eigenvalue weighted by molar-refractivity contribution is -0.159. The lowest BCUT2D eigenvalue weighted by atomic mass is 10.1. The monoisotopic (exact) mass is 371 g/mol. The molecule has 0 saturated carbocycles. The van der Waals surface area contributed by atoms with E-state index in [1.54, 1.807) is 18.2 Å². The van der Waals surface area contributed by atoms with Gasteiger partial charge in [0.15, 0.2) is 5.82 Å². The van der Waals surface area contributed by atoms with Crippen LogP contribution in [0.4, 0.5) is 18.9 Å². The van der Waals surface area contributed by atoms with Gasteiger partial charge >= 0.3 is 12.1 Å². The number of ether oxygens (including phenoxy) is 1. The van der Waals surface area contributed by atoms with E-state index >= 15 is 0 Å². The number of para-hydroxylation sites is 2. The second-order valence-corrected chi connectivity index (χ2v) is 5.68. The molecule has 0 aliphatic rings. The number of aromatic nitrogens is 2. The second-order valence-electron chi connectivity index (χ2n) is 5.68. The standard InChI is InChI=1S/C17H20F3N3O3/c1-25-13-9-7-6-8-12(13)21-15(24)11-5-3-2-4-10-14-22-16(26-23-14)17(18,19)20/h6-9H,2-5,10-11H2,1H3,(H,21,24). The van der Waals surface area contributed by atoms with Gasteiger partial charge in [0.1, 0.15) is 5.75 Å². The maximum absolute atomic E-state index is 12.3. The minimum absolute atomic E-state index is 0.0474. The van der Waals surface area contributed by atoms with Crippen LogP contribution in [0.25, 0.3) is 0 Å². The summed E-state index contributed by atoms with van der Waals surface area (Å²) in [6.07, 6.45) is -1.08.